The van der Waals surface area contributed by atoms with Crippen LogP contribution < -0.4 is 10.5 Å². The summed E-state index contributed by atoms with van der Waals surface area (Å²) in [5, 5.41) is 0.471. The average Bonchev–Trinajstić information content (AvgIpc) is 2.27. The summed E-state index contributed by atoms with van der Waals surface area (Å²) < 4.78 is 5.41. The second kappa shape index (κ2) is 4.37. The highest BCUT2D eigenvalue weighted by Crippen LogP contribution is 2.29. The zero-order valence-electron chi connectivity index (χ0n) is 8.64. The van der Waals surface area contributed by atoms with E-state index in [4.69, 9.17) is 22.1 Å². The van der Waals surface area contributed by atoms with Crippen molar-refractivity contribution in [1.29, 1.82) is 0 Å². The van der Waals surface area contributed by atoms with Crippen LogP contribution in [0.15, 0.2) is 30.6 Å². The highest BCUT2D eigenvalue weighted by atomic mass is 35.5. The number of nitrogens with two attached hydrogens (primary N) is 1. The third kappa shape index (κ3) is 2.41. The van der Waals surface area contributed by atoms with E-state index in [-0.39, 0.29) is 6.01 Å². The molecular weight excluding hydrogens is 226 g/mol. The number of aromatic nitrogens is 2. The Labute approximate surface area is 98.0 Å². The number of aryl methyl sites for hydroxylation is 1. The second-order valence-electron chi connectivity index (χ2n) is 3.33. The van der Waals surface area contributed by atoms with Crippen molar-refractivity contribution in [3.8, 4) is 11.8 Å². The number of halogens is 1. The lowest BCUT2D eigenvalue weighted by Crippen LogP contribution is -1.93. The normalized spacial score (nSPS) is 10.1. The Kier molecular flexibility index (Phi) is 2.92. The molecule has 0 atom stereocenters. The summed E-state index contributed by atoms with van der Waals surface area (Å²) >= 11 is 5.94. The number of anilines is 1. The summed E-state index contributed by atoms with van der Waals surface area (Å²) in [6.07, 6.45) is 3.34. The molecule has 0 aliphatic rings. The van der Waals surface area contributed by atoms with Crippen LogP contribution in [0.2, 0.25) is 5.02 Å². The molecule has 0 unspecified atom stereocenters. The lowest BCUT2D eigenvalue weighted by molar-refractivity contribution is 0.442. The molecule has 82 valence electrons. The third-order valence-electron chi connectivity index (χ3n) is 1.91. The number of hydrogen-bond acceptors (Lipinski definition) is 4. The zero-order valence-corrected chi connectivity index (χ0v) is 9.40. The summed E-state index contributed by atoms with van der Waals surface area (Å²) in [6.45, 7) is 1.90. The predicted molar refractivity (Wildman–Crippen MR) is 62.7 cm³/mol. The SMILES string of the molecule is Cc1cnc(Oc2cc(N)ccc2Cl)nc1. The minimum absolute atomic E-state index is 0.248. The first kappa shape index (κ1) is 10.7. The van der Waals surface area contributed by atoms with Gasteiger partial charge >= 0.3 is 6.01 Å². The summed E-state index contributed by atoms with van der Waals surface area (Å²) in [6, 6.07) is 5.25. The molecule has 2 aromatic rings. The van der Waals surface area contributed by atoms with E-state index in [0.29, 0.717) is 16.5 Å². The quantitative estimate of drug-likeness (QED) is 0.813. The molecule has 0 saturated carbocycles. The molecule has 0 aliphatic heterocycles. The maximum atomic E-state index is 5.94. The number of ether oxygens (including phenoxy) is 1. The maximum Gasteiger partial charge on any atom is 0.321 e. The Morgan fingerprint density at radius 1 is 1.25 bits per heavy atom. The lowest BCUT2D eigenvalue weighted by Gasteiger charge is -2.06. The highest BCUT2D eigenvalue weighted by molar-refractivity contribution is 6.32. The molecule has 1 aromatic carbocycles. The van der Waals surface area contributed by atoms with Crippen LogP contribution in [0.4, 0.5) is 5.69 Å². The predicted octanol–water partition coefficient (Wildman–Crippen LogP) is 2.81. The highest BCUT2D eigenvalue weighted by Gasteiger charge is 2.05. The minimum Gasteiger partial charge on any atom is -0.423 e. The smallest absolute Gasteiger partial charge is 0.321 e. The fourth-order valence-electron chi connectivity index (χ4n) is 1.13. The molecule has 0 fully saturated rings. The lowest BCUT2D eigenvalue weighted by atomic mass is 10.3. The Hall–Kier alpha value is -1.81. The molecular formula is C11H10ClN3O. The molecule has 0 aliphatic carbocycles. The Morgan fingerprint density at radius 2 is 1.94 bits per heavy atom. The van der Waals surface area contributed by atoms with Crippen LogP contribution in [-0.2, 0) is 0 Å². The van der Waals surface area contributed by atoms with Crippen LogP contribution in [-0.4, -0.2) is 9.97 Å². The Morgan fingerprint density at radius 3 is 2.62 bits per heavy atom. The van der Waals surface area contributed by atoms with Gasteiger partial charge in [-0.3, -0.25) is 0 Å². The molecule has 2 N–H and O–H groups in total. The fraction of sp³-hybridized carbons (Fsp3) is 0.0909. The summed E-state index contributed by atoms with van der Waals surface area (Å²) in [5.41, 5.74) is 7.17. The van der Waals surface area contributed by atoms with Gasteiger partial charge in [-0.2, -0.15) is 0 Å². The number of rotatable bonds is 2. The third-order valence-corrected chi connectivity index (χ3v) is 2.23. The molecule has 1 aromatic heterocycles. The van der Waals surface area contributed by atoms with Gasteiger partial charge in [0.2, 0.25) is 0 Å². The van der Waals surface area contributed by atoms with Gasteiger partial charge in [0.15, 0.2) is 5.75 Å². The molecule has 0 radical (unpaired) electrons. The molecule has 4 nitrogen and oxygen atoms in total. The monoisotopic (exact) mass is 235 g/mol. The van der Waals surface area contributed by atoms with Gasteiger partial charge in [-0.1, -0.05) is 11.6 Å². The summed E-state index contributed by atoms with van der Waals surface area (Å²) in [5.74, 6) is 0.450. The van der Waals surface area contributed by atoms with Crippen LogP contribution in [0, 0.1) is 6.92 Å². The number of nitrogen functional groups attached to an aromatic ring is 1. The first-order chi connectivity index (χ1) is 7.65. The first-order valence-electron chi connectivity index (χ1n) is 4.66. The summed E-state index contributed by atoms with van der Waals surface area (Å²) in [7, 11) is 0. The Balaban J connectivity index is 2.26. The van der Waals surface area contributed by atoms with Crippen molar-refractivity contribution in [3.05, 3.63) is 41.2 Å². The number of benzene rings is 1. The summed E-state index contributed by atoms with van der Waals surface area (Å²) in [4.78, 5) is 8.02. The van der Waals surface area contributed by atoms with Crippen molar-refractivity contribution in [2.75, 3.05) is 5.73 Å². The van der Waals surface area contributed by atoms with Gasteiger partial charge < -0.3 is 10.5 Å². The van der Waals surface area contributed by atoms with Crippen molar-refractivity contribution in [1.82, 2.24) is 9.97 Å². The minimum atomic E-state index is 0.248. The molecule has 5 heteroatoms. The van der Waals surface area contributed by atoms with Gasteiger partial charge in [0, 0.05) is 24.1 Å². The Bertz CT molecular complexity index is 499. The van der Waals surface area contributed by atoms with Gasteiger partial charge in [-0.05, 0) is 24.6 Å². The van der Waals surface area contributed by atoms with Crippen LogP contribution in [0.3, 0.4) is 0 Å². The van der Waals surface area contributed by atoms with Gasteiger partial charge in [0.25, 0.3) is 0 Å². The van der Waals surface area contributed by atoms with Crippen molar-refractivity contribution < 1.29 is 4.74 Å². The molecule has 0 spiro atoms. The molecule has 0 saturated heterocycles. The van der Waals surface area contributed by atoms with Crippen LogP contribution >= 0.6 is 11.6 Å². The topological polar surface area (TPSA) is 61.0 Å². The number of nitrogens with zero attached hydrogens (tertiary/aromatic N) is 2. The molecule has 0 bridgehead atoms. The van der Waals surface area contributed by atoms with Gasteiger partial charge in [0.05, 0.1) is 5.02 Å². The fourth-order valence-corrected chi connectivity index (χ4v) is 1.29. The van der Waals surface area contributed by atoms with Crippen molar-refractivity contribution in [3.63, 3.8) is 0 Å². The second-order valence-corrected chi connectivity index (χ2v) is 3.74. The van der Waals surface area contributed by atoms with E-state index < -0.39 is 0 Å². The van der Waals surface area contributed by atoms with Crippen LogP contribution in [0.25, 0.3) is 0 Å². The molecule has 16 heavy (non-hydrogen) atoms. The van der Waals surface area contributed by atoms with Crippen LogP contribution in [0.1, 0.15) is 5.56 Å². The standard InChI is InChI=1S/C11H10ClN3O/c1-7-5-14-11(15-6-7)16-10-4-8(13)2-3-9(10)12/h2-6H,13H2,1H3. The first-order valence-corrected chi connectivity index (χ1v) is 5.04. The van der Waals surface area contributed by atoms with E-state index in [0.717, 1.165) is 5.56 Å². The van der Waals surface area contributed by atoms with Crippen molar-refractivity contribution in [2.45, 2.75) is 6.92 Å². The van der Waals surface area contributed by atoms with Gasteiger partial charge in [0.1, 0.15) is 0 Å². The molecule has 0 amide bonds. The van der Waals surface area contributed by atoms with Crippen molar-refractivity contribution >= 4 is 17.3 Å². The molecule has 1 heterocycles. The van der Waals surface area contributed by atoms with Crippen LogP contribution in [0.5, 0.6) is 11.8 Å². The zero-order chi connectivity index (χ0) is 11.5. The van der Waals surface area contributed by atoms with Gasteiger partial charge in [-0.15, -0.1) is 0 Å². The average molecular weight is 236 g/mol. The van der Waals surface area contributed by atoms with E-state index in [1.165, 1.54) is 0 Å². The maximum absolute atomic E-state index is 5.94. The van der Waals surface area contributed by atoms with Crippen molar-refractivity contribution in [2.24, 2.45) is 0 Å². The van der Waals surface area contributed by atoms with E-state index in [1.54, 1.807) is 30.6 Å². The largest absolute Gasteiger partial charge is 0.423 e. The van der Waals surface area contributed by atoms with E-state index in [9.17, 15) is 0 Å². The van der Waals surface area contributed by atoms with E-state index in [1.807, 2.05) is 6.92 Å². The van der Waals surface area contributed by atoms with E-state index >= 15 is 0 Å². The van der Waals surface area contributed by atoms with Gasteiger partial charge in [-0.25, -0.2) is 9.97 Å². The molecule has 2 rings (SSSR count). The number of hydrogen-bond donors (Lipinski definition) is 1. The van der Waals surface area contributed by atoms with E-state index in [2.05, 4.69) is 9.97 Å².